The van der Waals surface area contributed by atoms with Gasteiger partial charge in [0.1, 0.15) is 0 Å². The van der Waals surface area contributed by atoms with Crippen molar-refractivity contribution in [2.45, 2.75) is 73.0 Å². The summed E-state index contributed by atoms with van der Waals surface area (Å²) < 4.78 is 212. The first-order valence-corrected chi connectivity index (χ1v) is 8.61. The number of halogens is 17. The first-order chi connectivity index (χ1) is 14.2. The lowest BCUT2D eigenvalue weighted by molar-refractivity contribution is -0.446. The quantitative estimate of drug-likeness (QED) is 0.167. The lowest BCUT2D eigenvalue weighted by Crippen LogP contribution is -2.75. The van der Waals surface area contributed by atoms with Crippen molar-refractivity contribution in [3.05, 3.63) is 0 Å². The van der Waals surface area contributed by atoms with Crippen LogP contribution in [-0.4, -0.2) is 59.3 Å². The van der Waals surface area contributed by atoms with Gasteiger partial charge in [-0.05, 0) is 18.0 Å². The highest BCUT2D eigenvalue weighted by atomic mass is 35.5. The van der Waals surface area contributed by atoms with Gasteiger partial charge in [0.05, 0.1) is 0 Å². The normalized spacial score (nSPS) is 15.6. The molecule has 0 radical (unpaired) electrons. The van der Waals surface area contributed by atoms with Crippen LogP contribution in [-0.2, 0) is 4.79 Å². The molecule has 0 rings (SSSR count). The minimum Gasteiger partial charge on any atom is -0.351 e. The zero-order valence-corrected chi connectivity index (χ0v) is 16.4. The third-order valence-electron chi connectivity index (χ3n) is 4.07. The van der Waals surface area contributed by atoms with E-state index in [9.17, 15) is 75.0 Å². The number of hydrogen-bond acceptors (Lipinski definition) is 1. The fourth-order valence-electron chi connectivity index (χ4n) is 1.99. The van der Waals surface area contributed by atoms with Gasteiger partial charge in [-0.3, -0.25) is 4.79 Å². The molecule has 0 heterocycles. The molecule has 19 heteroatoms. The summed E-state index contributed by atoms with van der Waals surface area (Å²) in [6.45, 7) is 0.568. The van der Waals surface area contributed by atoms with E-state index in [2.05, 4.69) is 11.6 Å². The second-order valence-electron chi connectivity index (χ2n) is 6.48. The van der Waals surface area contributed by atoms with Gasteiger partial charge in [0.2, 0.25) is 0 Å². The van der Waals surface area contributed by atoms with E-state index in [1.165, 1.54) is 6.92 Å². The van der Waals surface area contributed by atoms with E-state index >= 15 is 0 Å². The average Bonchev–Trinajstić information content (AvgIpc) is 2.62. The first-order valence-electron chi connectivity index (χ1n) is 8.23. The fraction of sp³-hybridized carbons (Fsp3) is 0.929. The number of nitrogens with one attached hydrogen (secondary N) is 1. The molecule has 33 heavy (non-hydrogen) atoms. The van der Waals surface area contributed by atoms with Gasteiger partial charge >= 0.3 is 46.8 Å². The molecule has 0 fully saturated rings. The van der Waals surface area contributed by atoms with Crippen molar-refractivity contribution in [3.63, 3.8) is 0 Å². The van der Waals surface area contributed by atoms with Crippen LogP contribution in [0.15, 0.2) is 0 Å². The minimum atomic E-state index is -8.58. The van der Waals surface area contributed by atoms with Crippen LogP contribution in [0, 0.1) is 0 Å². The Morgan fingerprint density at radius 3 is 1.27 bits per heavy atom. The molecule has 0 unspecified atom stereocenters. The maximum atomic E-state index is 13.6. The summed E-state index contributed by atoms with van der Waals surface area (Å²) >= 11 is 3.40. The second kappa shape index (κ2) is 9.02. The number of rotatable bonds is 12. The smallest absolute Gasteiger partial charge is 0.351 e. The predicted octanol–water partition coefficient (Wildman–Crippen LogP) is 6.57. The molecule has 0 bridgehead atoms. The number of alkyl halides is 17. The second-order valence-corrected chi connectivity index (χ2v) is 6.96. The van der Waals surface area contributed by atoms with E-state index in [1.54, 1.807) is 0 Å². The Balaban J connectivity index is 6.45. The Morgan fingerprint density at radius 2 is 0.939 bits per heavy atom. The van der Waals surface area contributed by atoms with E-state index in [1.807, 2.05) is 0 Å². The molecule has 0 aromatic heterocycles. The maximum Gasteiger partial charge on any atom is 0.393 e. The Hall–Kier alpha value is -1.36. The van der Waals surface area contributed by atoms with Crippen molar-refractivity contribution < 1.29 is 75.0 Å². The molecule has 0 aliphatic carbocycles. The fourth-order valence-corrected chi connectivity index (χ4v) is 2.11. The first kappa shape index (κ1) is 31.6. The van der Waals surface area contributed by atoms with Crippen LogP contribution >= 0.6 is 11.6 Å². The SMILES string of the molecule is CCCCCNC(=O)C(F)(F)C(F)(F)C(F)(F)C(F)(F)C(F)(F)C(F)(F)C(F)(F)C(F)(F)Cl. The van der Waals surface area contributed by atoms with Crippen molar-refractivity contribution in [2.75, 3.05) is 6.54 Å². The Morgan fingerprint density at radius 1 is 0.606 bits per heavy atom. The molecule has 0 saturated carbocycles. The topological polar surface area (TPSA) is 29.1 Å². The number of amides is 1. The highest BCUT2D eigenvalue weighted by Gasteiger charge is 2.95. The van der Waals surface area contributed by atoms with E-state index in [4.69, 9.17) is 0 Å². The summed E-state index contributed by atoms with van der Waals surface area (Å²) in [6, 6.07) is 0. The van der Waals surface area contributed by atoms with Gasteiger partial charge in [-0.2, -0.15) is 70.2 Å². The van der Waals surface area contributed by atoms with Crippen LogP contribution in [0.25, 0.3) is 0 Å². The zero-order chi connectivity index (χ0) is 27.1. The van der Waals surface area contributed by atoms with Crippen LogP contribution < -0.4 is 5.32 Å². The Bertz CT molecular complexity index is 702. The molecule has 0 saturated heterocycles. The van der Waals surface area contributed by atoms with Crippen LogP contribution in [0.2, 0.25) is 0 Å². The summed E-state index contributed by atoms with van der Waals surface area (Å²) in [6.07, 6.45) is 0.224. The highest BCUT2D eigenvalue weighted by Crippen LogP contribution is 2.64. The monoisotopic (exact) mass is 549 g/mol. The number of hydrogen-bond donors (Lipinski definition) is 1. The van der Waals surface area contributed by atoms with Crippen molar-refractivity contribution in [3.8, 4) is 0 Å². The maximum absolute atomic E-state index is 13.6. The largest absolute Gasteiger partial charge is 0.393 e. The summed E-state index contributed by atoms with van der Waals surface area (Å²) in [4.78, 5) is 11.1. The molecule has 0 spiro atoms. The zero-order valence-electron chi connectivity index (χ0n) is 15.7. The van der Waals surface area contributed by atoms with Crippen molar-refractivity contribution >= 4 is 17.5 Å². The summed E-state index contributed by atoms with van der Waals surface area (Å²) in [5.74, 6) is -60.0. The van der Waals surface area contributed by atoms with Gasteiger partial charge in [0.15, 0.2) is 0 Å². The average molecular weight is 550 g/mol. The standard InChI is InChI=1S/C14H12ClF16NO/c1-2-3-4-5-32-6(33)7(16,17)8(18,19)9(20,21)10(22,23)11(24,25)12(26,27)13(28,29)14(15,30)31/h2-5H2,1H3,(H,32,33). The highest BCUT2D eigenvalue weighted by molar-refractivity contribution is 6.22. The Labute approximate surface area is 178 Å². The lowest BCUT2D eigenvalue weighted by Gasteiger charge is -2.42. The van der Waals surface area contributed by atoms with E-state index in [-0.39, 0.29) is 12.8 Å². The van der Waals surface area contributed by atoms with Gasteiger partial charge in [-0.15, -0.1) is 0 Å². The van der Waals surface area contributed by atoms with Gasteiger partial charge in [0.25, 0.3) is 5.91 Å². The molecule has 2 nitrogen and oxygen atoms in total. The number of carbonyl (C=O) groups excluding carboxylic acids is 1. The van der Waals surface area contributed by atoms with Crippen LogP contribution in [0.1, 0.15) is 26.2 Å². The molecule has 198 valence electrons. The van der Waals surface area contributed by atoms with Crippen LogP contribution in [0.5, 0.6) is 0 Å². The molecule has 0 aliphatic rings. The van der Waals surface area contributed by atoms with Gasteiger partial charge < -0.3 is 5.32 Å². The lowest BCUT2D eigenvalue weighted by atomic mass is 9.89. The molecular formula is C14H12ClF16NO. The summed E-state index contributed by atoms with van der Waals surface area (Å²) in [5, 5.41) is -5.96. The van der Waals surface area contributed by atoms with E-state index in [0.717, 1.165) is 5.32 Å². The van der Waals surface area contributed by atoms with Crippen LogP contribution in [0.3, 0.4) is 0 Å². The van der Waals surface area contributed by atoms with E-state index < -0.39 is 59.3 Å². The van der Waals surface area contributed by atoms with E-state index in [0.29, 0.717) is 6.42 Å². The molecular weight excluding hydrogens is 538 g/mol. The summed E-state index contributed by atoms with van der Waals surface area (Å²) in [5.41, 5.74) is 0. The van der Waals surface area contributed by atoms with Crippen molar-refractivity contribution in [1.82, 2.24) is 5.32 Å². The molecule has 0 aromatic rings. The third-order valence-corrected chi connectivity index (χ3v) is 4.31. The third kappa shape index (κ3) is 4.63. The molecule has 1 amide bonds. The molecule has 0 aromatic carbocycles. The minimum absolute atomic E-state index is 0.136. The number of unbranched alkanes of at least 4 members (excludes halogenated alkanes) is 2. The molecule has 1 N–H and O–H groups in total. The summed E-state index contributed by atoms with van der Waals surface area (Å²) in [7, 11) is 0. The molecule has 0 aliphatic heterocycles. The Kier molecular flexibility index (Phi) is 8.64. The van der Waals surface area contributed by atoms with Gasteiger partial charge in [-0.25, -0.2) is 0 Å². The van der Waals surface area contributed by atoms with Gasteiger partial charge in [-0.1, -0.05) is 19.8 Å². The number of carbonyl (C=O) groups is 1. The predicted molar refractivity (Wildman–Crippen MR) is 78.0 cm³/mol. The van der Waals surface area contributed by atoms with Crippen LogP contribution in [0.4, 0.5) is 70.2 Å². The van der Waals surface area contributed by atoms with Crippen molar-refractivity contribution in [2.24, 2.45) is 0 Å². The van der Waals surface area contributed by atoms with Crippen molar-refractivity contribution in [1.29, 1.82) is 0 Å². The van der Waals surface area contributed by atoms with Gasteiger partial charge in [0, 0.05) is 6.54 Å². The molecule has 0 atom stereocenters.